The van der Waals surface area contributed by atoms with Crippen LogP contribution in [0.25, 0.3) is 0 Å². The number of sulfonamides is 1. The van der Waals surface area contributed by atoms with Crippen LogP contribution >= 0.6 is 0 Å². The Hall–Kier alpha value is -1.44. The molecule has 2 aliphatic rings. The summed E-state index contributed by atoms with van der Waals surface area (Å²) in [6.45, 7) is 1.92. The van der Waals surface area contributed by atoms with Crippen molar-refractivity contribution in [2.24, 2.45) is 0 Å². The highest BCUT2D eigenvalue weighted by Gasteiger charge is 2.33. The number of aromatic carboxylic acids is 1. The molecule has 3 rings (SSSR count). The first-order valence-corrected chi connectivity index (χ1v) is 10.5. The third kappa shape index (κ3) is 4.80. The van der Waals surface area contributed by atoms with Gasteiger partial charge in [0.25, 0.3) is 0 Å². The molecule has 1 heterocycles. The number of carboxylic acid groups (broad SMARTS) is 1. The molecule has 1 unspecified atom stereocenters. The molecular weight excluding hydrogens is 340 g/mol. The Morgan fingerprint density at radius 2 is 1.96 bits per heavy atom. The number of likely N-dealkylation sites (tertiary alicyclic amines) is 1. The van der Waals surface area contributed by atoms with Crippen LogP contribution in [0, 0.1) is 0 Å². The minimum Gasteiger partial charge on any atom is -0.478 e. The van der Waals surface area contributed by atoms with Gasteiger partial charge in [-0.15, -0.1) is 0 Å². The number of carbonyl (C=O) groups is 1. The van der Waals surface area contributed by atoms with Crippen molar-refractivity contribution in [3.8, 4) is 0 Å². The van der Waals surface area contributed by atoms with E-state index >= 15 is 0 Å². The molecule has 0 aromatic heterocycles. The molecular formula is C18H26N2O4S. The molecule has 2 N–H and O–H groups in total. The van der Waals surface area contributed by atoms with Crippen molar-refractivity contribution >= 4 is 16.0 Å². The number of piperidine rings is 1. The molecule has 1 saturated heterocycles. The van der Waals surface area contributed by atoms with Crippen LogP contribution in [0.5, 0.6) is 0 Å². The summed E-state index contributed by atoms with van der Waals surface area (Å²) in [5, 5.41) is 8.71. The quantitative estimate of drug-likeness (QED) is 0.806. The van der Waals surface area contributed by atoms with Gasteiger partial charge in [0.1, 0.15) is 0 Å². The maximum Gasteiger partial charge on any atom is 0.335 e. The Morgan fingerprint density at radius 3 is 2.68 bits per heavy atom. The topological polar surface area (TPSA) is 86.7 Å². The maximum atomic E-state index is 12.7. The maximum absolute atomic E-state index is 12.7. The number of carboxylic acids is 1. The zero-order valence-electron chi connectivity index (χ0n) is 14.4. The van der Waals surface area contributed by atoms with E-state index in [9.17, 15) is 13.2 Å². The van der Waals surface area contributed by atoms with E-state index in [-0.39, 0.29) is 16.9 Å². The molecule has 1 atom stereocenters. The second kappa shape index (κ2) is 7.85. The summed E-state index contributed by atoms with van der Waals surface area (Å²) in [5.74, 6) is -0.943. The molecule has 0 spiro atoms. The molecule has 0 radical (unpaired) electrons. The number of nitrogens with zero attached hydrogens (tertiary/aromatic N) is 1. The Kier molecular flexibility index (Phi) is 5.76. The third-order valence-corrected chi connectivity index (χ3v) is 7.09. The first kappa shape index (κ1) is 18.4. The van der Waals surface area contributed by atoms with Gasteiger partial charge in [-0.3, -0.25) is 4.90 Å². The summed E-state index contributed by atoms with van der Waals surface area (Å²) < 4.78 is 28.2. The van der Waals surface area contributed by atoms with E-state index < -0.39 is 16.0 Å². The molecule has 25 heavy (non-hydrogen) atoms. The molecule has 0 amide bonds. The van der Waals surface area contributed by atoms with Gasteiger partial charge in [0.05, 0.1) is 10.8 Å². The first-order chi connectivity index (χ1) is 11.9. The van der Waals surface area contributed by atoms with Crippen molar-refractivity contribution in [1.29, 1.82) is 0 Å². The van der Waals surface area contributed by atoms with Crippen LogP contribution in [-0.2, 0) is 16.6 Å². The standard InChI is InChI=1S/C18H26N2O4S/c21-18(22)15-6-3-5-14(11-15)12-20-10-4-9-17(13-20)25(23,24)19-16-7-1-2-8-16/h3,5-6,11,16-17,19H,1-2,4,7-10,12-13H2,(H,21,22). The largest absolute Gasteiger partial charge is 0.478 e. The van der Waals surface area contributed by atoms with Crippen molar-refractivity contribution in [2.45, 2.75) is 56.4 Å². The van der Waals surface area contributed by atoms with Gasteiger partial charge in [0, 0.05) is 19.1 Å². The Balaban J connectivity index is 1.62. The number of rotatable bonds is 6. The Bertz CT molecular complexity index is 714. The van der Waals surface area contributed by atoms with Crippen LogP contribution in [0.2, 0.25) is 0 Å². The minimum absolute atomic E-state index is 0.104. The van der Waals surface area contributed by atoms with Crippen molar-refractivity contribution < 1.29 is 18.3 Å². The first-order valence-electron chi connectivity index (χ1n) is 9.00. The van der Waals surface area contributed by atoms with Crippen LogP contribution in [0.3, 0.4) is 0 Å². The van der Waals surface area contributed by atoms with Crippen LogP contribution in [0.1, 0.15) is 54.4 Å². The van der Waals surface area contributed by atoms with Crippen molar-refractivity contribution in [2.75, 3.05) is 13.1 Å². The lowest BCUT2D eigenvalue weighted by Crippen LogP contribution is -2.48. The summed E-state index contributed by atoms with van der Waals surface area (Å²) in [5.41, 5.74) is 1.17. The van der Waals surface area contributed by atoms with Gasteiger partial charge < -0.3 is 5.11 Å². The Morgan fingerprint density at radius 1 is 1.20 bits per heavy atom. The van der Waals surface area contributed by atoms with E-state index in [1.807, 2.05) is 6.07 Å². The van der Waals surface area contributed by atoms with Gasteiger partial charge in [-0.2, -0.15) is 0 Å². The molecule has 1 aliphatic heterocycles. The molecule has 6 nitrogen and oxygen atoms in total. The third-order valence-electron chi connectivity index (χ3n) is 5.17. The van der Waals surface area contributed by atoms with E-state index in [0.29, 0.717) is 19.5 Å². The molecule has 1 saturated carbocycles. The summed E-state index contributed by atoms with van der Waals surface area (Å²) in [6, 6.07) is 6.96. The number of benzene rings is 1. The summed E-state index contributed by atoms with van der Waals surface area (Å²) in [7, 11) is -3.30. The normalized spacial score (nSPS) is 23.0. The predicted molar refractivity (Wildman–Crippen MR) is 96.0 cm³/mol. The van der Waals surface area contributed by atoms with Crippen LogP contribution in [0.15, 0.2) is 24.3 Å². The van der Waals surface area contributed by atoms with Crippen LogP contribution < -0.4 is 4.72 Å². The lowest BCUT2D eigenvalue weighted by molar-refractivity contribution is 0.0696. The predicted octanol–water partition coefficient (Wildman–Crippen LogP) is 2.21. The molecule has 1 aliphatic carbocycles. The monoisotopic (exact) mass is 366 g/mol. The fourth-order valence-electron chi connectivity index (χ4n) is 3.84. The number of nitrogens with one attached hydrogen (secondary N) is 1. The fraction of sp³-hybridized carbons (Fsp3) is 0.611. The summed E-state index contributed by atoms with van der Waals surface area (Å²) >= 11 is 0. The zero-order valence-corrected chi connectivity index (χ0v) is 15.2. The van der Waals surface area contributed by atoms with Gasteiger partial charge in [-0.1, -0.05) is 25.0 Å². The highest BCUT2D eigenvalue weighted by molar-refractivity contribution is 7.90. The highest BCUT2D eigenvalue weighted by Crippen LogP contribution is 2.23. The molecule has 1 aromatic rings. The lowest BCUT2D eigenvalue weighted by Gasteiger charge is -2.33. The van der Waals surface area contributed by atoms with Gasteiger partial charge in [0.15, 0.2) is 0 Å². The molecule has 138 valence electrons. The average Bonchev–Trinajstić information content (AvgIpc) is 3.07. The van der Waals surface area contributed by atoms with E-state index in [2.05, 4.69) is 9.62 Å². The van der Waals surface area contributed by atoms with Crippen LogP contribution in [-0.4, -0.2) is 48.8 Å². The summed E-state index contributed by atoms with van der Waals surface area (Å²) in [6.07, 6.45) is 5.62. The van der Waals surface area contributed by atoms with Gasteiger partial charge in [0.2, 0.25) is 10.0 Å². The Labute approximate surface area is 149 Å². The van der Waals surface area contributed by atoms with Crippen molar-refractivity contribution in [1.82, 2.24) is 9.62 Å². The zero-order chi connectivity index (χ0) is 17.9. The smallest absolute Gasteiger partial charge is 0.335 e. The van der Waals surface area contributed by atoms with Gasteiger partial charge >= 0.3 is 5.97 Å². The lowest BCUT2D eigenvalue weighted by atomic mass is 10.1. The average molecular weight is 366 g/mol. The van der Waals surface area contributed by atoms with E-state index in [4.69, 9.17) is 5.11 Å². The van der Waals surface area contributed by atoms with E-state index in [1.165, 1.54) is 0 Å². The van der Waals surface area contributed by atoms with Gasteiger partial charge in [-0.05, 0) is 49.9 Å². The van der Waals surface area contributed by atoms with Crippen LogP contribution in [0.4, 0.5) is 0 Å². The van der Waals surface area contributed by atoms with Crippen molar-refractivity contribution in [3.05, 3.63) is 35.4 Å². The number of hydrogen-bond acceptors (Lipinski definition) is 4. The SMILES string of the molecule is O=C(O)c1cccc(CN2CCCC(S(=O)(=O)NC3CCCC3)C2)c1. The van der Waals surface area contributed by atoms with Crippen molar-refractivity contribution in [3.63, 3.8) is 0 Å². The second-order valence-electron chi connectivity index (χ2n) is 7.15. The van der Waals surface area contributed by atoms with E-state index in [1.54, 1.807) is 18.2 Å². The molecule has 1 aromatic carbocycles. The fourth-order valence-corrected chi connectivity index (χ4v) is 5.62. The molecule has 0 bridgehead atoms. The van der Waals surface area contributed by atoms with E-state index in [0.717, 1.165) is 44.2 Å². The molecule has 7 heteroatoms. The minimum atomic E-state index is -3.30. The molecule has 2 fully saturated rings. The van der Waals surface area contributed by atoms with Gasteiger partial charge in [-0.25, -0.2) is 17.9 Å². The second-order valence-corrected chi connectivity index (χ2v) is 9.14. The number of hydrogen-bond donors (Lipinski definition) is 2. The highest BCUT2D eigenvalue weighted by atomic mass is 32.2. The summed E-state index contributed by atoms with van der Waals surface area (Å²) in [4.78, 5) is 13.2.